The van der Waals surface area contributed by atoms with E-state index in [1.165, 1.54) is 10.1 Å². The normalized spacial score (nSPS) is 15.9. The number of H-pyrrole nitrogens is 1. The Balaban J connectivity index is 1.66. The van der Waals surface area contributed by atoms with Crippen molar-refractivity contribution < 1.29 is 4.79 Å². The largest absolute Gasteiger partial charge is 0.384 e. The first-order chi connectivity index (χ1) is 14.0. The summed E-state index contributed by atoms with van der Waals surface area (Å²) < 4.78 is 1.26. The third kappa shape index (κ3) is 5.21. The average Bonchev–Trinajstić information content (AvgIpc) is 2.91. The van der Waals surface area contributed by atoms with Crippen LogP contribution < -0.4 is 17.0 Å². The van der Waals surface area contributed by atoms with E-state index in [2.05, 4.69) is 26.9 Å². The molecule has 0 aliphatic carbocycles. The van der Waals surface area contributed by atoms with Gasteiger partial charge in [0.25, 0.3) is 5.56 Å². The number of aromatic amines is 1. The van der Waals surface area contributed by atoms with Crippen molar-refractivity contribution in [2.75, 3.05) is 38.5 Å². The van der Waals surface area contributed by atoms with Gasteiger partial charge in [0.15, 0.2) is 5.78 Å². The van der Waals surface area contributed by atoms with Crippen molar-refractivity contribution >= 4 is 11.6 Å². The molecule has 1 aromatic heterocycles. The number of nitrogens with zero attached hydrogens (tertiary/aromatic N) is 3. The number of nitrogen functional groups attached to an aromatic ring is 1. The second-order valence-electron chi connectivity index (χ2n) is 7.49. The molecule has 1 aliphatic heterocycles. The SMILES string of the molecule is CCCn1c(N)c(C(=O)CN2CCCN(Cc3ccccc3)CC2)c(=O)[nH]c1=O. The smallest absolute Gasteiger partial charge is 0.329 e. The quantitative estimate of drug-likeness (QED) is 0.671. The Hall–Kier alpha value is -2.71. The molecule has 0 unspecified atom stereocenters. The van der Waals surface area contributed by atoms with Crippen LogP contribution in [0, 0.1) is 0 Å². The summed E-state index contributed by atoms with van der Waals surface area (Å²) in [5.41, 5.74) is 5.90. The summed E-state index contributed by atoms with van der Waals surface area (Å²) in [4.78, 5) is 43.7. The molecule has 1 saturated heterocycles. The molecule has 1 aliphatic rings. The van der Waals surface area contributed by atoms with Crippen molar-refractivity contribution in [1.82, 2.24) is 19.4 Å². The molecule has 8 nitrogen and oxygen atoms in total. The maximum Gasteiger partial charge on any atom is 0.329 e. The van der Waals surface area contributed by atoms with Gasteiger partial charge in [-0.3, -0.25) is 28.9 Å². The highest BCUT2D eigenvalue weighted by molar-refractivity contribution is 6.01. The van der Waals surface area contributed by atoms with Crippen molar-refractivity contribution in [2.24, 2.45) is 0 Å². The lowest BCUT2D eigenvalue weighted by Gasteiger charge is -2.21. The molecule has 0 amide bonds. The number of Topliss-reactive ketones (excluding diaryl/α,β-unsaturated/α-hetero) is 1. The van der Waals surface area contributed by atoms with Crippen molar-refractivity contribution in [3.63, 3.8) is 0 Å². The molecule has 29 heavy (non-hydrogen) atoms. The van der Waals surface area contributed by atoms with Crippen LogP contribution in [-0.2, 0) is 13.1 Å². The number of nitrogens with one attached hydrogen (secondary N) is 1. The van der Waals surface area contributed by atoms with Crippen LogP contribution >= 0.6 is 0 Å². The van der Waals surface area contributed by atoms with Gasteiger partial charge in [0.05, 0.1) is 6.54 Å². The zero-order valence-electron chi connectivity index (χ0n) is 16.9. The predicted molar refractivity (Wildman–Crippen MR) is 113 cm³/mol. The molecule has 8 heteroatoms. The molecule has 0 saturated carbocycles. The fraction of sp³-hybridized carbons (Fsp3) is 0.476. The summed E-state index contributed by atoms with van der Waals surface area (Å²) in [7, 11) is 0. The maximum absolute atomic E-state index is 12.8. The van der Waals surface area contributed by atoms with E-state index in [9.17, 15) is 14.4 Å². The second kappa shape index (κ2) is 9.67. The van der Waals surface area contributed by atoms with Crippen molar-refractivity contribution in [2.45, 2.75) is 32.9 Å². The summed E-state index contributed by atoms with van der Waals surface area (Å²) in [6.07, 6.45) is 1.62. The van der Waals surface area contributed by atoms with Gasteiger partial charge >= 0.3 is 5.69 Å². The van der Waals surface area contributed by atoms with Crippen LogP contribution in [0.15, 0.2) is 39.9 Å². The van der Waals surface area contributed by atoms with E-state index in [0.29, 0.717) is 13.0 Å². The van der Waals surface area contributed by atoms with Gasteiger partial charge in [-0.25, -0.2) is 4.79 Å². The number of anilines is 1. The first kappa shape index (κ1) is 21.0. The third-order valence-electron chi connectivity index (χ3n) is 5.26. The average molecular weight is 399 g/mol. The van der Waals surface area contributed by atoms with E-state index >= 15 is 0 Å². The number of carbonyl (C=O) groups is 1. The Kier molecular flexibility index (Phi) is 7.00. The van der Waals surface area contributed by atoms with Crippen LogP contribution in [-0.4, -0.2) is 57.9 Å². The topological polar surface area (TPSA) is 104 Å². The number of rotatable bonds is 7. The van der Waals surface area contributed by atoms with Crippen molar-refractivity contribution in [3.05, 3.63) is 62.3 Å². The Morgan fingerprint density at radius 3 is 2.48 bits per heavy atom. The molecule has 0 spiro atoms. The Morgan fingerprint density at radius 1 is 1.07 bits per heavy atom. The van der Waals surface area contributed by atoms with Gasteiger partial charge < -0.3 is 5.73 Å². The van der Waals surface area contributed by atoms with Crippen LogP contribution in [0.25, 0.3) is 0 Å². The first-order valence-corrected chi connectivity index (χ1v) is 10.1. The molecule has 1 aromatic carbocycles. The van der Waals surface area contributed by atoms with E-state index in [0.717, 1.165) is 39.1 Å². The molecule has 0 atom stereocenters. The van der Waals surface area contributed by atoms with Gasteiger partial charge in [0.2, 0.25) is 0 Å². The van der Waals surface area contributed by atoms with E-state index in [1.54, 1.807) is 0 Å². The van der Waals surface area contributed by atoms with E-state index in [-0.39, 0.29) is 23.7 Å². The Bertz CT molecular complexity index is 951. The number of aromatic nitrogens is 2. The molecular formula is C21H29N5O3. The van der Waals surface area contributed by atoms with Crippen molar-refractivity contribution in [1.29, 1.82) is 0 Å². The van der Waals surface area contributed by atoms with Gasteiger partial charge in [-0.05, 0) is 31.5 Å². The molecule has 0 bridgehead atoms. The van der Waals surface area contributed by atoms with Crippen LogP contribution in [0.1, 0.15) is 35.7 Å². The lowest BCUT2D eigenvalue weighted by molar-refractivity contribution is 0.0931. The first-order valence-electron chi connectivity index (χ1n) is 10.1. The van der Waals surface area contributed by atoms with Crippen LogP contribution in [0.3, 0.4) is 0 Å². The molecule has 2 aromatic rings. The second-order valence-corrected chi connectivity index (χ2v) is 7.49. The van der Waals surface area contributed by atoms with Gasteiger partial charge in [-0.1, -0.05) is 37.3 Å². The number of benzene rings is 1. The minimum atomic E-state index is -0.703. The number of carbonyl (C=O) groups excluding carboxylic acids is 1. The van der Waals surface area contributed by atoms with Gasteiger partial charge in [-0.15, -0.1) is 0 Å². The lowest BCUT2D eigenvalue weighted by atomic mass is 10.1. The summed E-state index contributed by atoms with van der Waals surface area (Å²) in [5, 5.41) is 0. The highest BCUT2D eigenvalue weighted by Gasteiger charge is 2.23. The molecule has 3 rings (SSSR count). The minimum Gasteiger partial charge on any atom is -0.384 e. The van der Waals surface area contributed by atoms with E-state index < -0.39 is 11.2 Å². The van der Waals surface area contributed by atoms with Crippen LogP contribution in [0.4, 0.5) is 5.82 Å². The molecule has 1 fully saturated rings. The van der Waals surface area contributed by atoms with E-state index in [1.807, 2.05) is 25.1 Å². The van der Waals surface area contributed by atoms with Crippen LogP contribution in [0.5, 0.6) is 0 Å². The minimum absolute atomic E-state index is 0.0360. The van der Waals surface area contributed by atoms with Crippen molar-refractivity contribution in [3.8, 4) is 0 Å². The number of ketones is 1. The fourth-order valence-corrected chi connectivity index (χ4v) is 3.77. The highest BCUT2D eigenvalue weighted by Crippen LogP contribution is 2.11. The highest BCUT2D eigenvalue weighted by atomic mass is 16.2. The molecule has 3 N–H and O–H groups in total. The van der Waals surface area contributed by atoms with Gasteiger partial charge in [0, 0.05) is 26.2 Å². The zero-order chi connectivity index (χ0) is 20.8. The Morgan fingerprint density at radius 2 is 1.76 bits per heavy atom. The summed E-state index contributed by atoms with van der Waals surface area (Å²) in [6.45, 7) is 6.60. The fourth-order valence-electron chi connectivity index (χ4n) is 3.77. The number of hydrogen-bond acceptors (Lipinski definition) is 6. The van der Waals surface area contributed by atoms with Gasteiger partial charge in [-0.2, -0.15) is 0 Å². The predicted octanol–water partition coefficient (Wildman–Crippen LogP) is 0.919. The number of hydrogen-bond donors (Lipinski definition) is 2. The summed E-state index contributed by atoms with van der Waals surface area (Å²) in [6, 6.07) is 10.3. The van der Waals surface area contributed by atoms with Crippen LogP contribution in [0.2, 0.25) is 0 Å². The zero-order valence-corrected chi connectivity index (χ0v) is 16.9. The molecular weight excluding hydrogens is 370 g/mol. The van der Waals surface area contributed by atoms with E-state index in [4.69, 9.17) is 5.73 Å². The summed E-state index contributed by atoms with van der Waals surface area (Å²) >= 11 is 0. The molecule has 0 radical (unpaired) electrons. The molecule has 2 heterocycles. The Labute approximate surface area is 169 Å². The monoisotopic (exact) mass is 399 g/mol. The maximum atomic E-state index is 12.8. The lowest BCUT2D eigenvalue weighted by Crippen LogP contribution is -2.40. The standard InChI is InChI=1S/C21H29N5O3/c1-2-9-26-19(22)18(20(28)23-21(26)29)17(27)15-25-11-6-10-24(12-13-25)14-16-7-4-3-5-8-16/h3-5,7-8H,2,6,9-15,22H2,1H3,(H,23,28,29). The summed E-state index contributed by atoms with van der Waals surface area (Å²) in [5.74, 6) is -0.378. The van der Waals surface area contributed by atoms with Gasteiger partial charge in [0.1, 0.15) is 11.4 Å². The third-order valence-corrected chi connectivity index (χ3v) is 5.26. The molecule has 156 valence electrons. The number of nitrogens with two attached hydrogens (primary N) is 1.